The lowest BCUT2D eigenvalue weighted by Gasteiger charge is -2.13. The van der Waals surface area contributed by atoms with Crippen molar-refractivity contribution in [2.45, 2.75) is 13.8 Å². The second-order valence-electron chi connectivity index (χ2n) is 6.64. The Labute approximate surface area is 163 Å². The van der Waals surface area contributed by atoms with E-state index in [0.29, 0.717) is 4.91 Å². The number of benzene rings is 2. The zero-order valence-electron chi connectivity index (χ0n) is 15.9. The van der Waals surface area contributed by atoms with E-state index >= 15 is 0 Å². The molecule has 1 saturated heterocycles. The van der Waals surface area contributed by atoms with E-state index < -0.39 is 0 Å². The van der Waals surface area contributed by atoms with Crippen LogP contribution in [0.25, 0.3) is 22.5 Å². The molecule has 1 aliphatic heterocycles. The molecule has 0 radical (unpaired) electrons. The first-order valence-electron chi connectivity index (χ1n) is 8.82. The predicted molar refractivity (Wildman–Crippen MR) is 114 cm³/mol. The minimum absolute atomic E-state index is 0.00411. The Hall–Kier alpha value is -2.79. The highest BCUT2D eigenvalue weighted by Gasteiger charge is 2.30. The number of aromatic nitrogens is 1. The molecule has 0 N–H and O–H groups in total. The molecule has 3 aromatic rings. The van der Waals surface area contributed by atoms with E-state index in [0.717, 1.165) is 27.8 Å². The highest BCUT2D eigenvalue weighted by atomic mass is 32.2. The van der Waals surface area contributed by atoms with Crippen molar-refractivity contribution < 1.29 is 4.79 Å². The molecule has 1 fully saturated rings. The van der Waals surface area contributed by atoms with Crippen molar-refractivity contribution in [1.82, 2.24) is 9.47 Å². The minimum atomic E-state index is -0.00411. The van der Waals surface area contributed by atoms with Gasteiger partial charge in [0.05, 0.1) is 10.6 Å². The predicted octanol–water partition coefficient (Wildman–Crippen LogP) is 4.78. The van der Waals surface area contributed by atoms with E-state index in [-0.39, 0.29) is 5.91 Å². The number of amidine groups is 1. The summed E-state index contributed by atoms with van der Waals surface area (Å²) < 4.78 is 2.26. The number of aryl methyl sites for hydroxylation is 1. The van der Waals surface area contributed by atoms with Crippen molar-refractivity contribution >= 4 is 39.7 Å². The van der Waals surface area contributed by atoms with Crippen LogP contribution in [0.3, 0.4) is 0 Å². The van der Waals surface area contributed by atoms with Crippen LogP contribution >= 0.6 is 11.8 Å². The highest BCUT2D eigenvalue weighted by molar-refractivity contribution is 8.18. The molecule has 1 aromatic heterocycles. The van der Waals surface area contributed by atoms with Gasteiger partial charge in [0.15, 0.2) is 5.17 Å². The van der Waals surface area contributed by atoms with Crippen molar-refractivity contribution in [2.24, 2.45) is 4.99 Å². The van der Waals surface area contributed by atoms with Crippen molar-refractivity contribution in [2.75, 3.05) is 14.1 Å². The number of hydrogen-bond acceptors (Lipinski definition) is 3. The number of hydrogen-bond donors (Lipinski definition) is 0. The van der Waals surface area contributed by atoms with Gasteiger partial charge < -0.3 is 4.57 Å². The molecule has 0 spiro atoms. The lowest BCUT2D eigenvalue weighted by molar-refractivity contribution is -0.121. The highest BCUT2D eigenvalue weighted by Crippen LogP contribution is 2.33. The maximum absolute atomic E-state index is 12.5. The lowest BCUT2D eigenvalue weighted by Crippen LogP contribution is -2.23. The summed E-state index contributed by atoms with van der Waals surface area (Å²) in [6, 6.07) is 16.9. The van der Waals surface area contributed by atoms with Gasteiger partial charge in [-0.05, 0) is 54.8 Å². The van der Waals surface area contributed by atoms with Gasteiger partial charge in [-0.25, -0.2) is 0 Å². The molecule has 4 nitrogen and oxygen atoms in total. The second kappa shape index (κ2) is 6.74. The summed E-state index contributed by atoms with van der Waals surface area (Å²) in [5, 5.41) is 3.16. The summed E-state index contributed by atoms with van der Waals surface area (Å²) in [4.78, 5) is 19.0. The van der Waals surface area contributed by atoms with Crippen LogP contribution in [0, 0.1) is 13.8 Å². The third-order valence-corrected chi connectivity index (χ3v) is 6.11. The van der Waals surface area contributed by atoms with Gasteiger partial charge in [-0.1, -0.05) is 36.4 Å². The first-order chi connectivity index (χ1) is 13.0. The Morgan fingerprint density at radius 2 is 1.81 bits per heavy atom. The standard InChI is InChI=1S/C22H21N3OS/c1-14-12-17(13-20-21(26)24(4)22(23-3)27-20)15(2)25(14)19-11-7-9-16-8-5-6-10-18(16)19/h5-13H,1-4H3/b20-13-,23-22?. The van der Waals surface area contributed by atoms with Crippen molar-refractivity contribution in [3.63, 3.8) is 0 Å². The van der Waals surface area contributed by atoms with E-state index in [1.165, 1.54) is 22.5 Å². The monoisotopic (exact) mass is 375 g/mol. The lowest BCUT2D eigenvalue weighted by atomic mass is 10.1. The van der Waals surface area contributed by atoms with Crippen molar-refractivity contribution in [3.8, 4) is 5.69 Å². The van der Waals surface area contributed by atoms with Crippen LogP contribution in [-0.4, -0.2) is 34.6 Å². The Morgan fingerprint density at radius 3 is 2.56 bits per heavy atom. The van der Waals surface area contributed by atoms with E-state index in [2.05, 4.69) is 71.9 Å². The van der Waals surface area contributed by atoms with E-state index in [1.54, 1.807) is 19.0 Å². The molecule has 0 atom stereocenters. The number of aliphatic imine (C=N–C) groups is 1. The van der Waals surface area contributed by atoms with Gasteiger partial charge in [-0.15, -0.1) is 0 Å². The van der Waals surface area contributed by atoms with Crippen LogP contribution in [-0.2, 0) is 4.79 Å². The van der Waals surface area contributed by atoms with Crippen LogP contribution in [0.1, 0.15) is 17.0 Å². The second-order valence-corrected chi connectivity index (χ2v) is 7.65. The largest absolute Gasteiger partial charge is 0.317 e. The zero-order chi connectivity index (χ0) is 19.1. The smallest absolute Gasteiger partial charge is 0.266 e. The number of amides is 1. The number of fused-ring (bicyclic) bond motifs is 1. The van der Waals surface area contributed by atoms with Crippen molar-refractivity contribution in [3.05, 3.63) is 70.4 Å². The van der Waals surface area contributed by atoms with Gasteiger partial charge in [0.25, 0.3) is 5.91 Å². The molecule has 2 heterocycles. The van der Waals surface area contributed by atoms with Crippen LogP contribution in [0.2, 0.25) is 0 Å². The Morgan fingerprint density at radius 1 is 1.07 bits per heavy atom. The molecule has 5 heteroatoms. The Kier molecular flexibility index (Phi) is 4.40. The van der Waals surface area contributed by atoms with E-state index in [9.17, 15) is 4.79 Å². The number of likely N-dealkylation sites (N-methyl/N-ethyl adjacent to an activating group) is 1. The molecule has 0 aliphatic carbocycles. The normalized spacial score (nSPS) is 17.6. The number of thioether (sulfide) groups is 1. The zero-order valence-corrected chi connectivity index (χ0v) is 16.7. The van der Waals surface area contributed by atoms with Gasteiger partial charge in [0, 0.05) is 30.9 Å². The average molecular weight is 375 g/mol. The fraction of sp³-hybridized carbons (Fsp3) is 0.182. The molecular formula is C22H21N3OS. The molecule has 136 valence electrons. The summed E-state index contributed by atoms with van der Waals surface area (Å²) in [6.07, 6.45) is 1.98. The van der Waals surface area contributed by atoms with Crippen LogP contribution in [0.4, 0.5) is 0 Å². The van der Waals surface area contributed by atoms with Crippen LogP contribution in [0.15, 0.2) is 58.4 Å². The summed E-state index contributed by atoms with van der Waals surface area (Å²) >= 11 is 1.42. The first-order valence-corrected chi connectivity index (χ1v) is 9.64. The molecule has 1 amide bonds. The molecule has 27 heavy (non-hydrogen) atoms. The van der Waals surface area contributed by atoms with E-state index in [4.69, 9.17) is 0 Å². The summed E-state index contributed by atoms with van der Waals surface area (Å²) in [5.74, 6) is -0.00411. The Balaban J connectivity index is 1.84. The average Bonchev–Trinajstić information content (AvgIpc) is 3.11. The molecule has 2 aromatic carbocycles. The SMILES string of the molecule is CN=C1S/C(=C\c2cc(C)n(-c3cccc4ccccc34)c2C)C(=O)N1C. The quantitative estimate of drug-likeness (QED) is 0.605. The van der Waals surface area contributed by atoms with Crippen LogP contribution in [0.5, 0.6) is 0 Å². The first kappa shape index (κ1) is 17.6. The van der Waals surface area contributed by atoms with Gasteiger partial charge >= 0.3 is 0 Å². The maximum Gasteiger partial charge on any atom is 0.266 e. The van der Waals surface area contributed by atoms with Gasteiger partial charge in [-0.2, -0.15) is 0 Å². The van der Waals surface area contributed by atoms with Gasteiger partial charge in [0.2, 0.25) is 0 Å². The van der Waals surface area contributed by atoms with Crippen LogP contribution < -0.4 is 0 Å². The third kappa shape index (κ3) is 2.88. The van der Waals surface area contributed by atoms with Gasteiger partial charge in [-0.3, -0.25) is 14.7 Å². The maximum atomic E-state index is 12.5. The van der Waals surface area contributed by atoms with E-state index in [1.807, 2.05) is 6.08 Å². The number of carbonyl (C=O) groups is 1. The fourth-order valence-corrected chi connectivity index (χ4v) is 4.52. The van der Waals surface area contributed by atoms with Crippen molar-refractivity contribution in [1.29, 1.82) is 0 Å². The molecule has 0 bridgehead atoms. The minimum Gasteiger partial charge on any atom is -0.317 e. The van der Waals surface area contributed by atoms with Gasteiger partial charge in [0.1, 0.15) is 0 Å². The topological polar surface area (TPSA) is 37.6 Å². The molecule has 1 aliphatic rings. The molecule has 0 saturated carbocycles. The Bertz CT molecular complexity index is 1120. The number of rotatable bonds is 2. The fourth-order valence-electron chi connectivity index (χ4n) is 3.60. The molecular weight excluding hydrogens is 354 g/mol. The summed E-state index contributed by atoms with van der Waals surface area (Å²) in [5.41, 5.74) is 4.48. The summed E-state index contributed by atoms with van der Waals surface area (Å²) in [6.45, 7) is 4.20. The molecule has 4 rings (SSSR count). The summed E-state index contributed by atoms with van der Waals surface area (Å²) in [7, 11) is 3.47. The number of carbonyl (C=O) groups excluding carboxylic acids is 1. The number of nitrogens with zero attached hydrogens (tertiary/aromatic N) is 3. The molecule has 0 unspecified atom stereocenters. The third-order valence-electron chi connectivity index (χ3n) is 4.96.